The first-order valence-corrected chi connectivity index (χ1v) is 9.28. The maximum absolute atomic E-state index is 12.8. The number of aryl methyl sites for hydroxylation is 2. The highest BCUT2D eigenvalue weighted by Gasteiger charge is 2.29. The minimum Gasteiger partial charge on any atom is -0.488 e. The summed E-state index contributed by atoms with van der Waals surface area (Å²) in [5, 5.41) is 0. The van der Waals surface area contributed by atoms with Gasteiger partial charge in [-0.2, -0.15) is 0 Å². The average Bonchev–Trinajstić information content (AvgIpc) is 3.12. The molecule has 142 valence electrons. The molecule has 0 saturated carbocycles. The first kappa shape index (κ1) is 19.0. The third kappa shape index (κ3) is 4.48. The number of rotatable bonds is 5. The number of ether oxygens (including phenoxy) is 2. The zero-order chi connectivity index (χ0) is 19.4. The van der Waals surface area contributed by atoms with Gasteiger partial charge in [0.25, 0.3) is 5.91 Å². The minimum atomic E-state index is -0.360. The minimum absolute atomic E-state index is 0.0441. The Kier molecular flexibility index (Phi) is 5.79. The summed E-state index contributed by atoms with van der Waals surface area (Å²) in [4.78, 5) is 26.5. The Morgan fingerprint density at radius 1 is 1.15 bits per heavy atom. The zero-order valence-electron chi connectivity index (χ0n) is 16.0. The Labute approximate surface area is 159 Å². The molecule has 0 aromatic heterocycles. The fourth-order valence-electron chi connectivity index (χ4n) is 3.25. The molecular weight excluding hydrogens is 342 g/mol. The number of hydrogen-bond acceptors (Lipinski definition) is 4. The maximum Gasteiger partial charge on any atom is 0.338 e. The number of carbonyl (C=O) groups excluding carboxylic acids is 2. The summed E-state index contributed by atoms with van der Waals surface area (Å²) in [6.45, 7) is 7.25. The third-order valence-corrected chi connectivity index (χ3v) is 4.70. The van der Waals surface area contributed by atoms with Crippen LogP contribution in [0.3, 0.4) is 0 Å². The highest BCUT2D eigenvalue weighted by Crippen LogP contribution is 2.22. The third-order valence-electron chi connectivity index (χ3n) is 4.70. The van der Waals surface area contributed by atoms with E-state index in [4.69, 9.17) is 9.47 Å². The first-order chi connectivity index (χ1) is 13.0. The van der Waals surface area contributed by atoms with Crippen LogP contribution in [-0.4, -0.2) is 42.6 Å². The van der Waals surface area contributed by atoms with Crippen LogP contribution in [0, 0.1) is 13.8 Å². The lowest BCUT2D eigenvalue weighted by molar-refractivity contribution is 0.0525. The molecule has 1 atom stereocenters. The van der Waals surface area contributed by atoms with Gasteiger partial charge in [0.2, 0.25) is 0 Å². The number of carbonyl (C=O) groups is 2. The van der Waals surface area contributed by atoms with E-state index in [0.717, 1.165) is 23.1 Å². The number of likely N-dealkylation sites (tertiary alicyclic amines) is 1. The predicted molar refractivity (Wildman–Crippen MR) is 103 cm³/mol. The molecule has 1 amide bonds. The monoisotopic (exact) mass is 367 g/mol. The van der Waals surface area contributed by atoms with E-state index in [0.29, 0.717) is 31.0 Å². The summed E-state index contributed by atoms with van der Waals surface area (Å²) in [6.07, 6.45) is 0.678. The normalized spacial score (nSPS) is 16.3. The average molecular weight is 367 g/mol. The van der Waals surface area contributed by atoms with Gasteiger partial charge in [0.15, 0.2) is 0 Å². The molecule has 0 N–H and O–H groups in total. The van der Waals surface area contributed by atoms with Crippen molar-refractivity contribution in [2.75, 3.05) is 19.7 Å². The predicted octanol–water partition coefficient (Wildman–Crippen LogP) is 3.77. The van der Waals surface area contributed by atoms with Crippen molar-refractivity contribution in [1.29, 1.82) is 0 Å². The van der Waals surface area contributed by atoms with Crippen molar-refractivity contribution in [2.45, 2.75) is 33.3 Å². The van der Waals surface area contributed by atoms with Crippen molar-refractivity contribution in [3.8, 4) is 5.75 Å². The molecule has 1 saturated heterocycles. The molecule has 5 nitrogen and oxygen atoms in total. The van der Waals surface area contributed by atoms with E-state index in [1.807, 2.05) is 43.0 Å². The van der Waals surface area contributed by atoms with Crippen LogP contribution in [0.1, 0.15) is 45.2 Å². The standard InChI is InChI=1S/C22H25NO4/c1-4-26-22(25)17-6-5-7-18(13-17)27-19-10-11-23(14-19)21(24)20-12-15(2)8-9-16(20)3/h5-9,12-13,19H,4,10-11,14H2,1-3H3/t19-/m0/s1. The van der Waals surface area contributed by atoms with Crippen molar-refractivity contribution in [3.05, 3.63) is 64.7 Å². The Hall–Kier alpha value is -2.82. The van der Waals surface area contributed by atoms with Gasteiger partial charge in [-0.15, -0.1) is 0 Å². The molecule has 1 aliphatic rings. The van der Waals surface area contributed by atoms with Crippen LogP contribution in [-0.2, 0) is 4.74 Å². The summed E-state index contributed by atoms with van der Waals surface area (Å²) in [5.74, 6) is 0.301. The van der Waals surface area contributed by atoms with Gasteiger partial charge in [-0.3, -0.25) is 4.79 Å². The lowest BCUT2D eigenvalue weighted by Gasteiger charge is -2.19. The molecule has 0 bridgehead atoms. The van der Waals surface area contributed by atoms with E-state index >= 15 is 0 Å². The molecular formula is C22H25NO4. The van der Waals surface area contributed by atoms with Crippen molar-refractivity contribution < 1.29 is 19.1 Å². The number of esters is 1. The van der Waals surface area contributed by atoms with E-state index < -0.39 is 0 Å². The second-order valence-corrected chi connectivity index (χ2v) is 6.85. The van der Waals surface area contributed by atoms with Crippen LogP contribution in [0.15, 0.2) is 42.5 Å². The van der Waals surface area contributed by atoms with Crippen molar-refractivity contribution >= 4 is 11.9 Å². The van der Waals surface area contributed by atoms with E-state index in [1.54, 1.807) is 25.1 Å². The van der Waals surface area contributed by atoms with Crippen molar-refractivity contribution in [3.63, 3.8) is 0 Å². The van der Waals surface area contributed by atoms with Gasteiger partial charge in [0.1, 0.15) is 11.9 Å². The Morgan fingerprint density at radius 2 is 1.96 bits per heavy atom. The van der Waals surface area contributed by atoms with Gasteiger partial charge in [-0.1, -0.05) is 23.8 Å². The fraction of sp³-hybridized carbons (Fsp3) is 0.364. The van der Waals surface area contributed by atoms with E-state index in [2.05, 4.69) is 0 Å². The summed E-state index contributed by atoms with van der Waals surface area (Å²) in [5.41, 5.74) is 3.28. The maximum atomic E-state index is 12.8. The molecule has 3 rings (SSSR count). The number of amides is 1. The van der Waals surface area contributed by atoms with Crippen LogP contribution in [0.5, 0.6) is 5.75 Å². The Bertz CT molecular complexity index is 846. The topological polar surface area (TPSA) is 55.8 Å². The van der Waals surface area contributed by atoms with Gasteiger partial charge < -0.3 is 14.4 Å². The summed E-state index contributed by atoms with van der Waals surface area (Å²) >= 11 is 0. The number of hydrogen-bond donors (Lipinski definition) is 0. The SMILES string of the molecule is CCOC(=O)c1cccc(O[C@H]2CCN(C(=O)c3cc(C)ccc3C)C2)c1. The Morgan fingerprint density at radius 3 is 2.74 bits per heavy atom. The van der Waals surface area contributed by atoms with E-state index in [9.17, 15) is 9.59 Å². The second kappa shape index (κ2) is 8.25. The molecule has 1 heterocycles. The smallest absolute Gasteiger partial charge is 0.338 e. The number of benzene rings is 2. The van der Waals surface area contributed by atoms with Crippen LogP contribution in [0.4, 0.5) is 0 Å². The molecule has 0 spiro atoms. The fourth-order valence-corrected chi connectivity index (χ4v) is 3.25. The van der Waals surface area contributed by atoms with Crippen molar-refractivity contribution in [1.82, 2.24) is 4.90 Å². The highest BCUT2D eigenvalue weighted by atomic mass is 16.5. The second-order valence-electron chi connectivity index (χ2n) is 6.85. The first-order valence-electron chi connectivity index (χ1n) is 9.28. The van der Waals surface area contributed by atoms with Crippen LogP contribution in [0.25, 0.3) is 0 Å². The Balaban J connectivity index is 1.65. The van der Waals surface area contributed by atoms with Gasteiger partial charge in [0.05, 0.1) is 18.7 Å². The van der Waals surface area contributed by atoms with Crippen LogP contribution >= 0.6 is 0 Å². The van der Waals surface area contributed by atoms with Gasteiger partial charge in [-0.25, -0.2) is 4.79 Å². The molecule has 5 heteroatoms. The van der Waals surface area contributed by atoms with Crippen molar-refractivity contribution in [2.24, 2.45) is 0 Å². The largest absolute Gasteiger partial charge is 0.488 e. The number of nitrogens with zero attached hydrogens (tertiary/aromatic N) is 1. The molecule has 1 aliphatic heterocycles. The molecule has 1 fully saturated rings. The van der Waals surface area contributed by atoms with Crippen LogP contribution < -0.4 is 4.74 Å². The zero-order valence-corrected chi connectivity index (χ0v) is 16.0. The molecule has 0 aliphatic carbocycles. The van der Waals surface area contributed by atoms with E-state index in [1.165, 1.54) is 0 Å². The van der Waals surface area contributed by atoms with Gasteiger partial charge in [0, 0.05) is 18.5 Å². The van der Waals surface area contributed by atoms with Gasteiger partial charge >= 0.3 is 5.97 Å². The molecule has 0 radical (unpaired) electrons. The van der Waals surface area contributed by atoms with Crippen LogP contribution in [0.2, 0.25) is 0 Å². The molecule has 0 unspecified atom stereocenters. The lowest BCUT2D eigenvalue weighted by Crippen LogP contribution is -2.31. The van der Waals surface area contributed by atoms with Gasteiger partial charge in [-0.05, 0) is 50.6 Å². The van der Waals surface area contributed by atoms with E-state index in [-0.39, 0.29) is 18.0 Å². The molecule has 2 aromatic rings. The highest BCUT2D eigenvalue weighted by molar-refractivity contribution is 5.96. The lowest BCUT2D eigenvalue weighted by atomic mass is 10.0. The summed E-state index contributed by atoms with van der Waals surface area (Å²) in [7, 11) is 0. The molecule has 27 heavy (non-hydrogen) atoms. The quantitative estimate of drug-likeness (QED) is 0.755. The summed E-state index contributed by atoms with van der Waals surface area (Å²) < 4.78 is 11.0. The molecule has 2 aromatic carbocycles. The summed E-state index contributed by atoms with van der Waals surface area (Å²) in [6, 6.07) is 12.9.